The molecule has 1 saturated heterocycles. The molecule has 1 N–H and O–H groups in total. The average Bonchev–Trinajstić information content (AvgIpc) is 3.28. The summed E-state index contributed by atoms with van der Waals surface area (Å²) >= 11 is 6.48. The van der Waals surface area contributed by atoms with E-state index in [2.05, 4.69) is 52.7 Å². The second-order valence-corrected chi connectivity index (χ2v) is 17.1. The molecule has 3 heterocycles. The first kappa shape index (κ1) is 37.8. The topological polar surface area (TPSA) is 91.4 Å². The van der Waals surface area contributed by atoms with Crippen LogP contribution in [-0.4, -0.2) is 96.2 Å². The number of carbonyl (C=O) groups excluding carboxylic acids is 2. The van der Waals surface area contributed by atoms with E-state index in [0.29, 0.717) is 24.5 Å². The van der Waals surface area contributed by atoms with Crippen LogP contribution in [0.1, 0.15) is 80.8 Å². The third kappa shape index (κ3) is 8.34. The number of benzene rings is 2. The Morgan fingerprint density at radius 3 is 2.57 bits per heavy atom. The van der Waals surface area contributed by atoms with E-state index in [1.54, 1.807) is 13.0 Å². The number of nitrogens with zero attached hydrogens (tertiary/aromatic N) is 3. The van der Waals surface area contributed by atoms with Gasteiger partial charge in [-0.2, -0.15) is 0 Å². The Labute approximate surface area is 311 Å². The van der Waals surface area contributed by atoms with Crippen LogP contribution >= 0.6 is 11.6 Å². The lowest BCUT2D eigenvalue weighted by Gasteiger charge is -2.52. The van der Waals surface area contributed by atoms with Gasteiger partial charge in [-0.3, -0.25) is 19.2 Å². The zero-order valence-corrected chi connectivity index (χ0v) is 32.4. The number of hydrogen-bond donors (Lipinski definition) is 1. The summed E-state index contributed by atoms with van der Waals surface area (Å²) in [5, 5.41) is 0.489. The van der Waals surface area contributed by atoms with E-state index in [0.717, 1.165) is 88.0 Å². The van der Waals surface area contributed by atoms with Crippen LogP contribution in [0, 0.1) is 17.8 Å². The average molecular weight is 739 g/mol. The maximum Gasteiger partial charge on any atom is 0.263 e. The summed E-state index contributed by atoms with van der Waals surface area (Å²) < 4.78 is 29.4. The molecule has 7 unspecified atom stereocenters. The third-order valence-electron chi connectivity index (χ3n) is 11.9. The van der Waals surface area contributed by atoms with Crippen LogP contribution in [0.5, 0.6) is 5.75 Å². The van der Waals surface area contributed by atoms with Crippen LogP contribution in [0.2, 0.25) is 5.02 Å². The molecule has 11 heteroatoms. The predicted octanol–water partition coefficient (Wildman–Crippen LogP) is 6.23. The number of aryl methyl sites for hydroxylation is 1. The number of rotatable bonds is 6. The largest absolute Gasteiger partial charge is 0.491 e. The number of ether oxygens (including phenoxy) is 2. The second-order valence-electron chi connectivity index (χ2n) is 15.1. The van der Waals surface area contributed by atoms with Gasteiger partial charge in [0.2, 0.25) is 5.91 Å². The number of fused-ring (bicyclic) bond motifs is 2. The van der Waals surface area contributed by atoms with Gasteiger partial charge in [0.25, 0.3) is 5.91 Å². The Morgan fingerprint density at radius 1 is 1.10 bits per heavy atom. The predicted molar refractivity (Wildman–Crippen MR) is 205 cm³/mol. The summed E-state index contributed by atoms with van der Waals surface area (Å²) in [5.41, 5.74) is 3.34. The lowest BCUT2D eigenvalue weighted by atomic mass is 9.63. The van der Waals surface area contributed by atoms with Gasteiger partial charge in [-0.15, -0.1) is 0 Å². The molecular formula is C40H55ClN4O5S. The fraction of sp³-hybridized carbons (Fsp3) is 0.600. The van der Waals surface area contributed by atoms with Crippen molar-refractivity contribution in [2.45, 2.75) is 76.6 Å². The fourth-order valence-electron chi connectivity index (χ4n) is 8.44. The Morgan fingerprint density at radius 2 is 1.88 bits per heavy atom. The van der Waals surface area contributed by atoms with Crippen molar-refractivity contribution >= 4 is 40.1 Å². The maximum atomic E-state index is 13.5. The molecule has 6 rings (SSSR count). The molecule has 2 bridgehead atoms. The lowest BCUT2D eigenvalue weighted by molar-refractivity contribution is -0.132. The van der Waals surface area contributed by atoms with E-state index in [9.17, 15) is 13.8 Å². The van der Waals surface area contributed by atoms with E-state index < -0.39 is 16.6 Å². The number of amides is 2. The zero-order chi connectivity index (χ0) is 36.3. The van der Waals surface area contributed by atoms with Crippen molar-refractivity contribution in [3.63, 3.8) is 0 Å². The molecular weight excluding hydrogens is 684 g/mol. The highest BCUT2D eigenvalue weighted by molar-refractivity contribution is 7.84. The number of piperazine rings is 1. The number of nitrogens with one attached hydrogen (secondary N) is 1. The zero-order valence-electron chi connectivity index (χ0n) is 30.9. The number of allylic oxidation sites excluding steroid dienone is 1. The molecule has 0 radical (unpaired) electrons. The second kappa shape index (κ2) is 16.4. The summed E-state index contributed by atoms with van der Waals surface area (Å²) in [6.07, 6.45) is 9.29. The molecule has 1 saturated carbocycles. The van der Waals surface area contributed by atoms with Crippen molar-refractivity contribution in [1.82, 2.24) is 14.5 Å². The van der Waals surface area contributed by atoms with Gasteiger partial charge in [0, 0.05) is 76.4 Å². The summed E-state index contributed by atoms with van der Waals surface area (Å²) in [6, 6.07) is 11.8. The molecule has 9 nitrogen and oxygen atoms in total. The minimum Gasteiger partial charge on any atom is -0.491 e. The van der Waals surface area contributed by atoms with Crippen molar-refractivity contribution in [1.29, 1.82) is 0 Å². The molecule has 2 aromatic rings. The number of halogens is 1. The van der Waals surface area contributed by atoms with Crippen LogP contribution < -0.4 is 14.4 Å². The van der Waals surface area contributed by atoms with Crippen molar-refractivity contribution in [2.24, 2.45) is 17.8 Å². The van der Waals surface area contributed by atoms with Crippen LogP contribution in [-0.2, 0) is 26.9 Å². The van der Waals surface area contributed by atoms with Crippen LogP contribution in [0.15, 0.2) is 48.6 Å². The van der Waals surface area contributed by atoms with E-state index in [1.165, 1.54) is 11.1 Å². The molecule has 0 aromatic heterocycles. The molecule has 278 valence electrons. The molecule has 2 aromatic carbocycles. The van der Waals surface area contributed by atoms with Gasteiger partial charge in [0.15, 0.2) is 0 Å². The van der Waals surface area contributed by atoms with E-state index >= 15 is 0 Å². The standard InChI is InChI=1S/C40H55ClN4O5S/c1-6-8-30-21-34(41)12-13-35(30)33-24-45-23-32-10-14-36(32)40(49-5,26-43-17-19-44(20-18-43)29(4)46)16-7-9-27(2)28(3)51(48)42-39(47)31-11-15-38(50-25-33)37(45)22-31/h7,11-13,15-16,21-22,27-28,32-33,36H,6,8-10,14,17-20,23-26H2,1-5H3,(H,42,47)/b16-7+. The van der Waals surface area contributed by atoms with Crippen molar-refractivity contribution in [3.05, 3.63) is 70.3 Å². The fourth-order valence-corrected chi connectivity index (χ4v) is 9.66. The SMILES string of the molecule is CCCc1cc(Cl)ccc1C1COc2ccc3cc2N(C1)CC1CCC1C(CN1CCN(C(C)=O)CC1)(OC)/C=C/CC(C)C(C)S(=O)NC3=O. The smallest absolute Gasteiger partial charge is 0.263 e. The van der Waals surface area contributed by atoms with Crippen LogP contribution in [0.4, 0.5) is 5.69 Å². The van der Waals surface area contributed by atoms with E-state index in [-0.39, 0.29) is 34.8 Å². The maximum absolute atomic E-state index is 13.5. The Balaban J connectivity index is 1.38. The highest BCUT2D eigenvalue weighted by atomic mass is 35.5. The first-order valence-electron chi connectivity index (χ1n) is 18.7. The van der Waals surface area contributed by atoms with E-state index in [1.807, 2.05) is 37.1 Å². The third-order valence-corrected chi connectivity index (χ3v) is 13.7. The molecule has 2 fully saturated rings. The Kier molecular flexibility index (Phi) is 12.2. The van der Waals surface area contributed by atoms with Gasteiger partial charge in [-0.1, -0.05) is 50.1 Å². The van der Waals surface area contributed by atoms with Gasteiger partial charge >= 0.3 is 0 Å². The molecule has 0 spiro atoms. The molecule has 2 amide bonds. The Bertz CT molecular complexity index is 1630. The molecule has 3 aliphatic heterocycles. The van der Waals surface area contributed by atoms with Crippen LogP contribution in [0.3, 0.4) is 0 Å². The molecule has 51 heavy (non-hydrogen) atoms. The van der Waals surface area contributed by atoms with Gasteiger partial charge in [0.05, 0.1) is 17.5 Å². The molecule has 4 aliphatic rings. The number of anilines is 1. The number of hydrogen-bond acceptors (Lipinski definition) is 7. The van der Waals surface area contributed by atoms with Gasteiger partial charge in [-0.25, -0.2) is 4.21 Å². The summed E-state index contributed by atoms with van der Waals surface area (Å²) in [4.78, 5) is 32.4. The minimum atomic E-state index is -1.57. The Hall–Kier alpha value is -2.92. The highest BCUT2D eigenvalue weighted by Gasteiger charge is 2.48. The number of carbonyl (C=O) groups is 2. The van der Waals surface area contributed by atoms with Crippen molar-refractivity contribution in [3.8, 4) is 5.75 Å². The van der Waals surface area contributed by atoms with Crippen LogP contribution in [0.25, 0.3) is 0 Å². The summed E-state index contributed by atoms with van der Waals surface area (Å²) in [7, 11) is 0.275. The molecule has 7 atom stereocenters. The first-order valence-corrected chi connectivity index (χ1v) is 20.3. The monoisotopic (exact) mass is 738 g/mol. The normalized spacial score (nSPS) is 31.1. The molecule has 1 aliphatic carbocycles. The summed E-state index contributed by atoms with van der Waals surface area (Å²) in [6.45, 7) is 13.7. The first-order chi connectivity index (χ1) is 24.5. The van der Waals surface area contributed by atoms with Gasteiger partial charge in [0.1, 0.15) is 22.3 Å². The lowest BCUT2D eigenvalue weighted by Crippen LogP contribution is -2.59. The van der Waals surface area contributed by atoms with Gasteiger partial charge in [-0.05, 0) is 91.8 Å². The minimum absolute atomic E-state index is 0.0690. The quantitative estimate of drug-likeness (QED) is 0.352. The van der Waals surface area contributed by atoms with Crippen molar-refractivity contribution in [2.75, 3.05) is 64.4 Å². The highest BCUT2D eigenvalue weighted by Crippen LogP contribution is 2.47. The van der Waals surface area contributed by atoms with Gasteiger partial charge < -0.3 is 19.3 Å². The van der Waals surface area contributed by atoms with Crippen molar-refractivity contribution < 1.29 is 23.3 Å². The van der Waals surface area contributed by atoms with E-state index in [4.69, 9.17) is 21.1 Å². The summed E-state index contributed by atoms with van der Waals surface area (Å²) in [5.74, 6) is 1.31. The number of methoxy groups -OCH3 is 1.